The molecule has 6 nitrogen and oxygen atoms in total. The lowest BCUT2D eigenvalue weighted by Gasteiger charge is -2.04. The minimum absolute atomic E-state index is 0.0320. The van der Waals surface area contributed by atoms with Gasteiger partial charge in [0.2, 0.25) is 21.5 Å². The fraction of sp³-hybridized carbons (Fsp3) is 0.231. The average Bonchev–Trinajstić information content (AvgIpc) is 2.67. The molecule has 1 aromatic heterocycles. The number of hydrogen-bond donors (Lipinski definition) is 3. The number of halogens is 1. The van der Waals surface area contributed by atoms with Crippen LogP contribution in [0.5, 0.6) is 11.5 Å². The SMILES string of the molecule is CCS(=O)(=O)Nc1oc(-c2ccc(Cl)cc2C)c(O)c1O. The molecule has 0 saturated carbocycles. The molecule has 1 heterocycles. The summed E-state index contributed by atoms with van der Waals surface area (Å²) >= 11 is 5.85. The summed E-state index contributed by atoms with van der Waals surface area (Å²) in [6.45, 7) is 3.18. The summed E-state index contributed by atoms with van der Waals surface area (Å²) in [6, 6.07) is 4.86. The first-order valence-electron chi connectivity index (χ1n) is 6.07. The minimum Gasteiger partial charge on any atom is -0.502 e. The van der Waals surface area contributed by atoms with Crippen LogP contribution < -0.4 is 4.72 Å². The van der Waals surface area contributed by atoms with E-state index in [0.29, 0.717) is 16.1 Å². The Morgan fingerprint density at radius 1 is 1.29 bits per heavy atom. The maximum atomic E-state index is 11.5. The molecule has 0 bridgehead atoms. The Balaban J connectivity index is 2.52. The van der Waals surface area contributed by atoms with Crippen LogP contribution in [0.25, 0.3) is 11.3 Å². The Hall–Kier alpha value is -1.86. The highest BCUT2D eigenvalue weighted by Gasteiger charge is 2.24. The normalized spacial score (nSPS) is 11.6. The summed E-state index contributed by atoms with van der Waals surface area (Å²) < 4.78 is 30.3. The molecule has 2 aromatic rings. The molecule has 0 atom stereocenters. The minimum atomic E-state index is -3.63. The van der Waals surface area contributed by atoms with E-state index in [1.807, 2.05) is 0 Å². The molecule has 0 unspecified atom stereocenters. The van der Waals surface area contributed by atoms with Gasteiger partial charge in [-0.2, -0.15) is 0 Å². The van der Waals surface area contributed by atoms with Gasteiger partial charge in [-0.05, 0) is 37.6 Å². The molecule has 8 heteroatoms. The van der Waals surface area contributed by atoms with Gasteiger partial charge < -0.3 is 14.6 Å². The van der Waals surface area contributed by atoms with Crippen molar-refractivity contribution in [2.75, 3.05) is 10.5 Å². The molecule has 0 saturated heterocycles. The van der Waals surface area contributed by atoms with Crippen LogP contribution in [0.4, 0.5) is 5.88 Å². The fourth-order valence-electron chi connectivity index (χ4n) is 1.76. The third-order valence-electron chi connectivity index (χ3n) is 2.92. The lowest BCUT2D eigenvalue weighted by atomic mass is 10.1. The summed E-state index contributed by atoms with van der Waals surface area (Å²) in [7, 11) is -3.63. The van der Waals surface area contributed by atoms with E-state index in [0.717, 1.165) is 0 Å². The molecule has 2 rings (SSSR count). The molecule has 21 heavy (non-hydrogen) atoms. The van der Waals surface area contributed by atoms with Crippen molar-refractivity contribution in [2.24, 2.45) is 0 Å². The van der Waals surface area contributed by atoms with Crippen molar-refractivity contribution in [3.8, 4) is 22.8 Å². The summed E-state index contributed by atoms with van der Waals surface area (Å²) in [4.78, 5) is 0. The van der Waals surface area contributed by atoms with Crippen molar-refractivity contribution < 1.29 is 23.0 Å². The molecule has 0 radical (unpaired) electrons. The number of anilines is 1. The maximum absolute atomic E-state index is 11.5. The van der Waals surface area contributed by atoms with E-state index in [4.69, 9.17) is 16.0 Å². The molecule has 0 spiro atoms. The van der Waals surface area contributed by atoms with Crippen molar-refractivity contribution in [3.05, 3.63) is 28.8 Å². The largest absolute Gasteiger partial charge is 0.502 e. The number of furan rings is 1. The number of benzene rings is 1. The van der Waals surface area contributed by atoms with Crippen molar-refractivity contribution in [2.45, 2.75) is 13.8 Å². The third-order valence-corrected chi connectivity index (χ3v) is 4.41. The first-order chi connectivity index (χ1) is 9.75. The standard InChI is InChI=1S/C13H14ClNO5S/c1-3-21(18,19)15-13-11(17)10(16)12(20-13)9-5-4-8(14)6-7(9)2/h4-6,15-17H,3H2,1-2H3. The fourth-order valence-corrected chi connectivity index (χ4v) is 2.55. The van der Waals surface area contributed by atoms with Gasteiger partial charge in [0.25, 0.3) is 5.88 Å². The number of hydrogen-bond acceptors (Lipinski definition) is 5. The molecule has 0 amide bonds. The summed E-state index contributed by atoms with van der Waals surface area (Å²) in [6.07, 6.45) is 0. The predicted molar refractivity (Wildman–Crippen MR) is 80.3 cm³/mol. The van der Waals surface area contributed by atoms with Gasteiger partial charge in [0.05, 0.1) is 5.75 Å². The van der Waals surface area contributed by atoms with E-state index in [-0.39, 0.29) is 11.5 Å². The highest BCUT2D eigenvalue weighted by molar-refractivity contribution is 7.92. The van der Waals surface area contributed by atoms with Gasteiger partial charge in [-0.1, -0.05) is 11.6 Å². The summed E-state index contributed by atoms with van der Waals surface area (Å²) in [5.74, 6) is -1.83. The zero-order valence-corrected chi connectivity index (χ0v) is 12.9. The number of rotatable bonds is 4. The van der Waals surface area contributed by atoms with Crippen LogP contribution in [0.2, 0.25) is 5.02 Å². The highest BCUT2D eigenvalue weighted by Crippen LogP contribution is 2.46. The Morgan fingerprint density at radius 2 is 1.95 bits per heavy atom. The zero-order valence-electron chi connectivity index (χ0n) is 11.3. The van der Waals surface area contributed by atoms with Crippen molar-refractivity contribution >= 4 is 27.5 Å². The smallest absolute Gasteiger partial charge is 0.253 e. The molecular formula is C13H14ClNO5S. The maximum Gasteiger partial charge on any atom is 0.253 e. The lowest BCUT2D eigenvalue weighted by Crippen LogP contribution is -2.14. The number of aryl methyl sites for hydroxylation is 1. The molecule has 0 aliphatic rings. The number of nitrogens with one attached hydrogen (secondary N) is 1. The van der Waals surface area contributed by atoms with Gasteiger partial charge >= 0.3 is 0 Å². The average molecular weight is 332 g/mol. The van der Waals surface area contributed by atoms with Crippen LogP contribution in [-0.2, 0) is 10.0 Å². The highest BCUT2D eigenvalue weighted by atomic mass is 35.5. The van der Waals surface area contributed by atoms with E-state index in [9.17, 15) is 18.6 Å². The van der Waals surface area contributed by atoms with E-state index >= 15 is 0 Å². The van der Waals surface area contributed by atoms with Crippen LogP contribution in [-0.4, -0.2) is 24.4 Å². The van der Waals surface area contributed by atoms with Crippen molar-refractivity contribution in [1.29, 1.82) is 0 Å². The van der Waals surface area contributed by atoms with Gasteiger partial charge in [-0.25, -0.2) is 13.1 Å². The quantitative estimate of drug-likeness (QED) is 0.799. The van der Waals surface area contributed by atoms with E-state index < -0.39 is 27.4 Å². The third kappa shape index (κ3) is 3.08. The van der Waals surface area contributed by atoms with Crippen molar-refractivity contribution in [3.63, 3.8) is 0 Å². The predicted octanol–water partition coefficient (Wildman–Crippen LogP) is 3.08. The van der Waals surface area contributed by atoms with Crippen LogP contribution in [0.1, 0.15) is 12.5 Å². The van der Waals surface area contributed by atoms with Crippen LogP contribution in [0, 0.1) is 6.92 Å². The van der Waals surface area contributed by atoms with Gasteiger partial charge in [0, 0.05) is 10.6 Å². The number of aromatic hydroxyl groups is 2. The van der Waals surface area contributed by atoms with Crippen LogP contribution >= 0.6 is 11.6 Å². The second-order valence-corrected chi connectivity index (χ2v) is 6.87. The number of sulfonamides is 1. The van der Waals surface area contributed by atoms with E-state index in [1.165, 1.54) is 6.92 Å². The molecule has 114 valence electrons. The second kappa shape index (κ2) is 5.50. The molecule has 0 fully saturated rings. The Labute approximate surface area is 127 Å². The molecule has 3 N–H and O–H groups in total. The topological polar surface area (TPSA) is 99.8 Å². The first-order valence-corrected chi connectivity index (χ1v) is 8.10. The second-order valence-electron chi connectivity index (χ2n) is 4.42. The van der Waals surface area contributed by atoms with E-state index in [2.05, 4.69) is 4.72 Å². The van der Waals surface area contributed by atoms with Crippen molar-refractivity contribution in [1.82, 2.24) is 0 Å². The zero-order chi connectivity index (χ0) is 15.8. The van der Waals surface area contributed by atoms with E-state index in [1.54, 1.807) is 25.1 Å². The van der Waals surface area contributed by atoms with Gasteiger partial charge in [-0.3, -0.25) is 0 Å². The summed E-state index contributed by atoms with van der Waals surface area (Å²) in [5.41, 5.74) is 1.20. The molecular weight excluding hydrogens is 318 g/mol. The Bertz CT molecular complexity index is 782. The molecule has 0 aliphatic heterocycles. The van der Waals surface area contributed by atoms with Crippen LogP contribution in [0.15, 0.2) is 22.6 Å². The molecule has 0 aliphatic carbocycles. The Morgan fingerprint density at radius 3 is 2.52 bits per heavy atom. The lowest BCUT2D eigenvalue weighted by molar-refractivity contribution is 0.410. The monoisotopic (exact) mass is 331 g/mol. The van der Waals surface area contributed by atoms with Gasteiger partial charge in [-0.15, -0.1) is 0 Å². The van der Waals surface area contributed by atoms with Crippen LogP contribution in [0.3, 0.4) is 0 Å². The van der Waals surface area contributed by atoms with Gasteiger partial charge in [0.15, 0.2) is 5.76 Å². The molecule has 1 aromatic carbocycles. The first kappa shape index (κ1) is 15.5. The summed E-state index contributed by atoms with van der Waals surface area (Å²) in [5, 5.41) is 20.2. The van der Waals surface area contributed by atoms with Gasteiger partial charge in [0.1, 0.15) is 0 Å². The Kier molecular flexibility index (Phi) is 4.06.